The normalized spacial score (nSPS) is 21.8. The maximum absolute atomic E-state index is 13.7. The molecule has 0 aliphatic carbocycles. The Bertz CT molecular complexity index is 602. The van der Waals surface area contributed by atoms with Gasteiger partial charge in [0, 0.05) is 11.7 Å². The summed E-state index contributed by atoms with van der Waals surface area (Å²) in [6.45, 7) is 0. The Hall–Kier alpha value is -1.21. The van der Waals surface area contributed by atoms with E-state index < -0.39 is 15.7 Å². The van der Waals surface area contributed by atoms with Crippen LogP contribution in [0.5, 0.6) is 0 Å². The molecule has 2 rings (SSSR count). The third-order valence-electron chi connectivity index (χ3n) is 3.08. The molecular formula is C12H15FN2O2S2. The van der Waals surface area contributed by atoms with Crippen LogP contribution in [-0.4, -0.2) is 31.0 Å². The topological polar surface area (TPSA) is 72.2 Å². The standard InChI is InChI=1S/C12H15FN2O2S2/c13-9-4-1-5-10(11(9)12(14)18)15-8-3-2-6-19(16,17)7-8/h1,4-5,8,15H,2-3,6-7H2,(H2,14,18). The quantitative estimate of drug-likeness (QED) is 0.827. The second-order valence-corrected chi connectivity index (χ2v) is 7.29. The largest absolute Gasteiger partial charge is 0.389 e. The van der Waals surface area contributed by atoms with E-state index in [1.165, 1.54) is 12.1 Å². The van der Waals surface area contributed by atoms with Crippen LogP contribution in [0.25, 0.3) is 0 Å². The highest BCUT2D eigenvalue weighted by molar-refractivity contribution is 7.91. The first-order valence-corrected chi connectivity index (χ1v) is 8.17. The molecule has 1 aliphatic heterocycles. The lowest BCUT2D eigenvalue weighted by Gasteiger charge is -2.25. The molecule has 19 heavy (non-hydrogen) atoms. The van der Waals surface area contributed by atoms with Crippen LogP contribution in [0.3, 0.4) is 0 Å². The minimum absolute atomic E-state index is 0.0423. The average Bonchev–Trinajstić information content (AvgIpc) is 2.26. The molecule has 1 aromatic carbocycles. The van der Waals surface area contributed by atoms with E-state index >= 15 is 0 Å². The van der Waals surface area contributed by atoms with Crippen LogP contribution in [-0.2, 0) is 9.84 Å². The third kappa shape index (κ3) is 3.42. The molecular weight excluding hydrogens is 287 g/mol. The molecule has 1 heterocycles. The summed E-state index contributed by atoms with van der Waals surface area (Å²) in [5, 5.41) is 3.04. The Labute approximate surface area is 117 Å². The highest BCUT2D eigenvalue weighted by atomic mass is 32.2. The van der Waals surface area contributed by atoms with Crippen molar-refractivity contribution in [2.24, 2.45) is 5.73 Å². The summed E-state index contributed by atoms with van der Waals surface area (Å²) >= 11 is 4.83. The first-order valence-electron chi connectivity index (χ1n) is 5.94. The van der Waals surface area contributed by atoms with Crippen LogP contribution >= 0.6 is 12.2 Å². The number of nitrogens with two attached hydrogens (primary N) is 1. The van der Waals surface area contributed by atoms with Gasteiger partial charge in [-0.25, -0.2) is 12.8 Å². The second kappa shape index (κ2) is 5.42. The minimum atomic E-state index is -3.02. The zero-order valence-corrected chi connectivity index (χ0v) is 11.9. The Morgan fingerprint density at radius 2 is 2.21 bits per heavy atom. The van der Waals surface area contributed by atoms with Gasteiger partial charge in [-0.3, -0.25) is 0 Å². The number of thiocarbonyl (C=S) groups is 1. The van der Waals surface area contributed by atoms with E-state index in [4.69, 9.17) is 18.0 Å². The van der Waals surface area contributed by atoms with Crippen molar-refractivity contribution in [2.75, 3.05) is 16.8 Å². The first-order chi connectivity index (χ1) is 8.89. The molecule has 1 aliphatic rings. The van der Waals surface area contributed by atoms with Crippen molar-refractivity contribution in [1.82, 2.24) is 0 Å². The molecule has 3 N–H and O–H groups in total. The Morgan fingerprint density at radius 1 is 1.47 bits per heavy atom. The van der Waals surface area contributed by atoms with Crippen LogP contribution in [0.2, 0.25) is 0 Å². The number of benzene rings is 1. The Balaban J connectivity index is 2.24. The van der Waals surface area contributed by atoms with Gasteiger partial charge in [0.1, 0.15) is 10.8 Å². The minimum Gasteiger partial charge on any atom is -0.389 e. The average molecular weight is 302 g/mol. The number of rotatable bonds is 3. The monoisotopic (exact) mass is 302 g/mol. The molecule has 1 unspecified atom stereocenters. The highest BCUT2D eigenvalue weighted by Crippen LogP contribution is 2.23. The highest BCUT2D eigenvalue weighted by Gasteiger charge is 2.25. The van der Waals surface area contributed by atoms with E-state index in [0.717, 1.165) is 6.42 Å². The van der Waals surface area contributed by atoms with Crippen LogP contribution in [0.15, 0.2) is 18.2 Å². The van der Waals surface area contributed by atoms with Gasteiger partial charge in [0.2, 0.25) is 0 Å². The zero-order valence-electron chi connectivity index (χ0n) is 10.2. The molecule has 0 amide bonds. The fraction of sp³-hybridized carbons (Fsp3) is 0.417. The first kappa shape index (κ1) is 14.2. The summed E-state index contributed by atoms with van der Waals surface area (Å²) in [6, 6.07) is 4.24. The summed E-state index contributed by atoms with van der Waals surface area (Å²) in [5.41, 5.74) is 6.10. The lowest BCUT2D eigenvalue weighted by molar-refractivity contribution is 0.562. The number of anilines is 1. The van der Waals surface area contributed by atoms with Crippen LogP contribution in [0, 0.1) is 5.82 Å². The maximum Gasteiger partial charge on any atom is 0.152 e. The molecule has 0 saturated carbocycles. The second-order valence-electron chi connectivity index (χ2n) is 4.62. The maximum atomic E-state index is 13.7. The molecule has 1 atom stereocenters. The van der Waals surface area contributed by atoms with Gasteiger partial charge in [0.15, 0.2) is 9.84 Å². The Kier molecular flexibility index (Phi) is 4.05. The lowest BCUT2D eigenvalue weighted by atomic mass is 10.1. The van der Waals surface area contributed by atoms with Crippen LogP contribution in [0.1, 0.15) is 18.4 Å². The number of hydrogen-bond donors (Lipinski definition) is 2. The molecule has 0 aromatic heterocycles. The predicted octanol–water partition coefficient (Wildman–Crippen LogP) is 1.45. The van der Waals surface area contributed by atoms with Crippen molar-refractivity contribution in [3.8, 4) is 0 Å². The number of halogens is 1. The van der Waals surface area contributed by atoms with Gasteiger partial charge in [0.05, 0.1) is 17.1 Å². The predicted molar refractivity (Wildman–Crippen MR) is 77.6 cm³/mol. The number of sulfone groups is 1. The third-order valence-corrected chi connectivity index (χ3v) is 5.11. The summed E-state index contributed by atoms with van der Waals surface area (Å²) in [5.74, 6) is -0.229. The van der Waals surface area contributed by atoms with Crippen molar-refractivity contribution in [3.63, 3.8) is 0 Å². The van der Waals surface area contributed by atoms with Gasteiger partial charge < -0.3 is 11.1 Å². The molecule has 0 spiro atoms. The van der Waals surface area contributed by atoms with E-state index in [-0.39, 0.29) is 28.1 Å². The molecule has 0 bridgehead atoms. The van der Waals surface area contributed by atoms with E-state index in [0.29, 0.717) is 12.1 Å². The van der Waals surface area contributed by atoms with Crippen LogP contribution < -0.4 is 11.1 Å². The van der Waals surface area contributed by atoms with Crippen molar-refractivity contribution in [2.45, 2.75) is 18.9 Å². The Morgan fingerprint density at radius 3 is 2.84 bits per heavy atom. The zero-order chi connectivity index (χ0) is 14.0. The fourth-order valence-corrected chi connectivity index (χ4v) is 4.10. The van der Waals surface area contributed by atoms with Gasteiger partial charge >= 0.3 is 0 Å². The molecule has 7 heteroatoms. The van der Waals surface area contributed by atoms with Crippen molar-refractivity contribution < 1.29 is 12.8 Å². The van der Waals surface area contributed by atoms with Gasteiger partial charge in [-0.2, -0.15) is 0 Å². The summed E-state index contributed by atoms with van der Waals surface area (Å²) < 4.78 is 36.8. The summed E-state index contributed by atoms with van der Waals surface area (Å²) in [7, 11) is -3.02. The molecule has 0 radical (unpaired) electrons. The molecule has 104 valence electrons. The SMILES string of the molecule is NC(=S)c1c(F)cccc1NC1CCCS(=O)(=O)C1. The van der Waals surface area contributed by atoms with Crippen LogP contribution in [0.4, 0.5) is 10.1 Å². The molecule has 1 fully saturated rings. The van der Waals surface area contributed by atoms with E-state index in [9.17, 15) is 12.8 Å². The molecule has 1 aromatic rings. The van der Waals surface area contributed by atoms with Gasteiger partial charge in [0.25, 0.3) is 0 Å². The van der Waals surface area contributed by atoms with Crippen molar-refractivity contribution >= 4 is 32.7 Å². The lowest BCUT2D eigenvalue weighted by Crippen LogP contribution is -2.35. The van der Waals surface area contributed by atoms with E-state index in [1.54, 1.807) is 6.07 Å². The van der Waals surface area contributed by atoms with Gasteiger partial charge in [-0.05, 0) is 25.0 Å². The van der Waals surface area contributed by atoms with Gasteiger partial charge in [-0.1, -0.05) is 18.3 Å². The smallest absolute Gasteiger partial charge is 0.152 e. The molecule has 4 nitrogen and oxygen atoms in total. The summed E-state index contributed by atoms with van der Waals surface area (Å²) in [4.78, 5) is -0.0423. The molecule has 1 saturated heterocycles. The van der Waals surface area contributed by atoms with E-state index in [1.807, 2.05) is 0 Å². The van der Waals surface area contributed by atoms with Crippen molar-refractivity contribution in [1.29, 1.82) is 0 Å². The fourth-order valence-electron chi connectivity index (χ4n) is 2.25. The van der Waals surface area contributed by atoms with Crippen molar-refractivity contribution in [3.05, 3.63) is 29.6 Å². The van der Waals surface area contributed by atoms with Gasteiger partial charge in [-0.15, -0.1) is 0 Å². The summed E-state index contributed by atoms with van der Waals surface area (Å²) in [6.07, 6.45) is 1.34. The van der Waals surface area contributed by atoms with E-state index in [2.05, 4.69) is 5.32 Å². The number of nitrogens with one attached hydrogen (secondary N) is 1. The number of hydrogen-bond acceptors (Lipinski definition) is 4.